The molecule has 3 saturated heterocycles. The molecule has 0 aromatic rings. The van der Waals surface area contributed by atoms with Crippen molar-refractivity contribution in [2.24, 2.45) is 0 Å². The number of fused-ring (bicyclic) bond motifs is 1. The highest BCUT2D eigenvalue weighted by Gasteiger charge is 2.42. The molecule has 0 aromatic carbocycles. The number of piperazine rings is 1. The monoisotopic (exact) mass is 623 g/mol. The van der Waals surface area contributed by atoms with Gasteiger partial charge >= 0.3 is 6.03 Å². The number of thioether (sulfide) groups is 1. The molecule has 244 valence electrons. The molecule has 3 fully saturated rings. The topological polar surface area (TPSA) is 152 Å². The largest absolute Gasteiger partial charge is 0.356 e. The SMILES string of the molecule is CC(=O)NCCN1CCN(C(=O)CCCCCNC(=O)CCCCCNC(=O)CCCCC2SCC3NC(=O)NC32)CC1. The zero-order valence-corrected chi connectivity index (χ0v) is 26.7. The molecule has 0 aromatic heterocycles. The Labute approximate surface area is 261 Å². The van der Waals surface area contributed by atoms with Crippen LogP contribution in [0.25, 0.3) is 0 Å². The summed E-state index contributed by atoms with van der Waals surface area (Å²) in [5.41, 5.74) is 0. The molecular formula is C30H53N7O5S. The first-order valence-electron chi connectivity index (χ1n) is 16.3. The van der Waals surface area contributed by atoms with Gasteiger partial charge in [-0.05, 0) is 38.5 Å². The minimum Gasteiger partial charge on any atom is -0.356 e. The lowest BCUT2D eigenvalue weighted by molar-refractivity contribution is -0.133. The van der Waals surface area contributed by atoms with Gasteiger partial charge in [0.25, 0.3) is 0 Å². The molecule has 3 aliphatic heterocycles. The summed E-state index contributed by atoms with van der Waals surface area (Å²) in [5, 5.41) is 15.2. The van der Waals surface area contributed by atoms with E-state index in [1.165, 1.54) is 6.92 Å². The summed E-state index contributed by atoms with van der Waals surface area (Å²) in [7, 11) is 0. The van der Waals surface area contributed by atoms with Crippen LogP contribution in [0.3, 0.4) is 0 Å². The molecule has 0 spiro atoms. The molecule has 3 rings (SSSR count). The molecule has 12 nitrogen and oxygen atoms in total. The van der Waals surface area contributed by atoms with E-state index in [1.807, 2.05) is 16.7 Å². The van der Waals surface area contributed by atoms with Crippen LogP contribution < -0.4 is 26.6 Å². The maximum atomic E-state index is 12.5. The number of hydrogen-bond acceptors (Lipinski definition) is 7. The zero-order valence-electron chi connectivity index (χ0n) is 25.9. The summed E-state index contributed by atoms with van der Waals surface area (Å²) >= 11 is 1.91. The van der Waals surface area contributed by atoms with Gasteiger partial charge in [-0.25, -0.2) is 4.79 Å². The van der Waals surface area contributed by atoms with E-state index < -0.39 is 0 Å². The number of amides is 6. The fourth-order valence-corrected chi connectivity index (χ4v) is 7.38. The highest BCUT2D eigenvalue weighted by Crippen LogP contribution is 2.33. The van der Waals surface area contributed by atoms with E-state index in [4.69, 9.17) is 0 Å². The number of carbonyl (C=O) groups excluding carboxylic acids is 5. The first-order valence-corrected chi connectivity index (χ1v) is 17.3. The molecule has 3 aliphatic rings. The van der Waals surface area contributed by atoms with Crippen LogP contribution in [-0.4, -0.2) is 115 Å². The maximum Gasteiger partial charge on any atom is 0.315 e. The first kappa shape index (κ1) is 34.9. The van der Waals surface area contributed by atoms with Crippen LogP contribution in [0.5, 0.6) is 0 Å². The molecule has 13 heteroatoms. The van der Waals surface area contributed by atoms with Gasteiger partial charge in [-0.3, -0.25) is 24.1 Å². The lowest BCUT2D eigenvalue weighted by Crippen LogP contribution is -2.50. The van der Waals surface area contributed by atoms with Gasteiger partial charge in [0.15, 0.2) is 0 Å². The molecule has 3 unspecified atom stereocenters. The van der Waals surface area contributed by atoms with Gasteiger partial charge in [-0.2, -0.15) is 11.8 Å². The van der Waals surface area contributed by atoms with Crippen LogP contribution in [0.4, 0.5) is 4.79 Å². The van der Waals surface area contributed by atoms with Crippen molar-refractivity contribution in [3.63, 3.8) is 0 Å². The van der Waals surface area contributed by atoms with Crippen LogP contribution in [0.15, 0.2) is 0 Å². The maximum absolute atomic E-state index is 12.5. The average Bonchev–Trinajstić information content (AvgIpc) is 3.54. The number of nitrogens with zero attached hydrogens (tertiary/aromatic N) is 2. The van der Waals surface area contributed by atoms with E-state index in [-0.39, 0.29) is 41.7 Å². The molecule has 5 N–H and O–H groups in total. The van der Waals surface area contributed by atoms with Crippen LogP contribution in [0, 0.1) is 0 Å². The average molecular weight is 624 g/mol. The predicted octanol–water partition coefficient (Wildman–Crippen LogP) is 1.35. The number of rotatable bonds is 20. The van der Waals surface area contributed by atoms with Crippen molar-refractivity contribution in [3.8, 4) is 0 Å². The van der Waals surface area contributed by atoms with Gasteiger partial charge in [0.1, 0.15) is 0 Å². The van der Waals surface area contributed by atoms with E-state index in [1.54, 1.807) is 0 Å². The van der Waals surface area contributed by atoms with Gasteiger partial charge in [-0.1, -0.05) is 19.3 Å². The minimum atomic E-state index is -0.0585. The Morgan fingerprint density at radius 3 is 2.05 bits per heavy atom. The third-order valence-electron chi connectivity index (χ3n) is 8.40. The van der Waals surface area contributed by atoms with Crippen molar-refractivity contribution in [1.29, 1.82) is 0 Å². The lowest BCUT2D eigenvalue weighted by Gasteiger charge is -2.34. The van der Waals surface area contributed by atoms with Crippen LogP contribution in [0.1, 0.15) is 84.0 Å². The Balaban J connectivity index is 1.05. The summed E-state index contributed by atoms with van der Waals surface area (Å²) in [6.07, 6.45) is 9.65. The molecule has 43 heavy (non-hydrogen) atoms. The highest BCUT2D eigenvalue weighted by atomic mass is 32.2. The summed E-state index contributed by atoms with van der Waals surface area (Å²) in [6, 6.07) is 0.416. The normalized spacial score (nSPS) is 21.6. The van der Waals surface area contributed by atoms with Crippen LogP contribution in [0.2, 0.25) is 0 Å². The molecule has 0 aliphatic carbocycles. The zero-order chi connectivity index (χ0) is 30.9. The fraction of sp³-hybridized carbons (Fsp3) is 0.833. The van der Waals surface area contributed by atoms with Crippen molar-refractivity contribution in [1.82, 2.24) is 36.4 Å². The summed E-state index contributed by atoms with van der Waals surface area (Å²) in [4.78, 5) is 63.3. The standard InChI is InChI=1S/C30H53N7O5S/c1-23(38)31-16-17-36-18-20-37(21-19-36)28(41)13-5-3-9-15-32-26(39)11-4-2-8-14-33-27(40)12-7-6-10-25-29-24(22-43-25)34-30(42)35-29/h24-25,29H,2-22H2,1H3,(H,31,38)(H,32,39)(H,33,40)(H2,34,35,42). The molecule has 6 amide bonds. The summed E-state index contributed by atoms with van der Waals surface area (Å²) in [6.45, 7) is 7.43. The molecule has 0 saturated carbocycles. The van der Waals surface area contributed by atoms with E-state index in [0.717, 1.165) is 96.3 Å². The van der Waals surface area contributed by atoms with E-state index >= 15 is 0 Å². The van der Waals surface area contributed by atoms with Gasteiger partial charge in [0, 0.05) is 89.5 Å². The second kappa shape index (κ2) is 19.7. The molecular weight excluding hydrogens is 570 g/mol. The van der Waals surface area contributed by atoms with Gasteiger partial charge < -0.3 is 31.5 Å². The van der Waals surface area contributed by atoms with Crippen molar-refractivity contribution in [3.05, 3.63) is 0 Å². The number of nitrogens with one attached hydrogen (secondary N) is 5. The highest BCUT2D eigenvalue weighted by molar-refractivity contribution is 8.00. The second-order valence-corrected chi connectivity index (χ2v) is 13.2. The van der Waals surface area contributed by atoms with Gasteiger partial charge in [0.05, 0.1) is 12.1 Å². The van der Waals surface area contributed by atoms with Gasteiger partial charge in [-0.15, -0.1) is 0 Å². The lowest BCUT2D eigenvalue weighted by atomic mass is 10.0. The van der Waals surface area contributed by atoms with Crippen molar-refractivity contribution >= 4 is 41.4 Å². The Morgan fingerprint density at radius 1 is 0.767 bits per heavy atom. The minimum absolute atomic E-state index is 0.0148. The smallest absolute Gasteiger partial charge is 0.315 e. The number of urea groups is 1. The molecule has 3 heterocycles. The van der Waals surface area contributed by atoms with Crippen LogP contribution >= 0.6 is 11.8 Å². The predicted molar refractivity (Wildman–Crippen MR) is 169 cm³/mol. The van der Waals surface area contributed by atoms with Crippen LogP contribution in [-0.2, 0) is 19.2 Å². The third-order valence-corrected chi connectivity index (χ3v) is 9.91. The number of hydrogen-bond donors (Lipinski definition) is 5. The molecule has 0 bridgehead atoms. The third kappa shape index (κ3) is 13.7. The van der Waals surface area contributed by atoms with Crippen molar-refractivity contribution in [2.75, 3.05) is 58.1 Å². The fourth-order valence-electron chi connectivity index (χ4n) is 5.84. The molecule has 3 atom stereocenters. The van der Waals surface area contributed by atoms with E-state index in [2.05, 4.69) is 31.5 Å². The van der Waals surface area contributed by atoms with Gasteiger partial charge in [0.2, 0.25) is 23.6 Å². The van der Waals surface area contributed by atoms with E-state index in [9.17, 15) is 24.0 Å². The summed E-state index contributed by atoms with van der Waals surface area (Å²) < 4.78 is 0. The van der Waals surface area contributed by atoms with Crippen molar-refractivity contribution < 1.29 is 24.0 Å². The number of carbonyl (C=O) groups is 5. The number of unbranched alkanes of at least 4 members (excludes halogenated alkanes) is 5. The first-order chi connectivity index (χ1) is 20.8. The summed E-state index contributed by atoms with van der Waals surface area (Å²) in [5.74, 6) is 1.31. The Hall–Kier alpha value is -2.54. The quantitative estimate of drug-likeness (QED) is 0.101. The Morgan fingerprint density at radius 2 is 1.40 bits per heavy atom. The second-order valence-electron chi connectivity index (χ2n) is 11.9. The Bertz CT molecular complexity index is 915. The van der Waals surface area contributed by atoms with E-state index in [0.29, 0.717) is 44.1 Å². The van der Waals surface area contributed by atoms with Crippen molar-refractivity contribution in [2.45, 2.75) is 101 Å². The molecule has 0 radical (unpaired) electrons. The Kier molecular flexibility index (Phi) is 16.0.